The molecule has 0 aliphatic rings. The van der Waals surface area contributed by atoms with E-state index in [0.717, 1.165) is 28.8 Å². The summed E-state index contributed by atoms with van der Waals surface area (Å²) in [7, 11) is 1.61. The molecule has 0 fully saturated rings. The van der Waals surface area contributed by atoms with Crippen molar-refractivity contribution in [2.45, 2.75) is 13.3 Å². The second-order valence-corrected chi connectivity index (χ2v) is 5.72. The third-order valence-corrected chi connectivity index (χ3v) is 3.96. The molecule has 1 N–H and O–H groups in total. The molecule has 3 rings (SSSR count). The van der Waals surface area contributed by atoms with Gasteiger partial charge in [0.2, 0.25) is 0 Å². The number of nitrogens with one attached hydrogen (secondary N) is 1. The SMILES string of the molecule is CCCOC(=O)Nc1ccc2c(C#N)cn(-c3ccc(OC)cc3)c2c1. The lowest BCUT2D eigenvalue weighted by Crippen LogP contribution is -2.14. The van der Waals surface area contributed by atoms with Gasteiger partial charge in [0.1, 0.15) is 11.8 Å². The van der Waals surface area contributed by atoms with Crippen LogP contribution in [0, 0.1) is 11.3 Å². The molecule has 0 atom stereocenters. The summed E-state index contributed by atoms with van der Waals surface area (Å²) >= 11 is 0. The summed E-state index contributed by atoms with van der Waals surface area (Å²) in [6, 6.07) is 15.2. The highest BCUT2D eigenvalue weighted by atomic mass is 16.5. The molecule has 0 bridgehead atoms. The Hall–Kier alpha value is -3.46. The van der Waals surface area contributed by atoms with Crippen LogP contribution < -0.4 is 10.1 Å². The number of fused-ring (bicyclic) bond motifs is 1. The van der Waals surface area contributed by atoms with Crippen molar-refractivity contribution >= 4 is 22.7 Å². The molecule has 0 saturated carbocycles. The molecule has 0 unspecified atom stereocenters. The van der Waals surface area contributed by atoms with E-state index in [1.165, 1.54) is 0 Å². The highest BCUT2D eigenvalue weighted by Crippen LogP contribution is 2.28. The number of ether oxygens (including phenoxy) is 2. The first-order valence-electron chi connectivity index (χ1n) is 8.29. The molecule has 1 amide bonds. The van der Waals surface area contributed by atoms with E-state index in [4.69, 9.17) is 9.47 Å². The maximum absolute atomic E-state index is 11.8. The van der Waals surface area contributed by atoms with Gasteiger partial charge in [0.05, 0.1) is 24.8 Å². The van der Waals surface area contributed by atoms with E-state index in [0.29, 0.717) is 17.9 Å². The molecule has 0 aliphatic heterocycles. The van der Waals surface area contributed by atoms with Gasteiger partial charge in [-0.25, -0.2) is 4.79 Å². The number of nitriles is 1. The molecule has 0 saturated heterocycles. The highest BCUT2D eigenvalue weighted by molar-refractivity contribution is 5.93. The van der Waals surface area contributed by atoms with Gasteiger partial charge in [-0.1, -0.05) is 6.92 Å². The average molecular weight is 349 g/mol. The van der Waals surface area contributed by atoms with Crippen LogP contribution in [-0.4, -0.2) is 24.4 Å². The van der Waals surface area contributed by atoms with E-state index in [-0.39, 0.29) is 0 Å². The Bertz CT molecular complexity index is 968. The lowest BCUT2D eigenvalue weighted by molar-refractivity contribution is 0.161. The minimum absolute atomic E-state index is 0.370. The zero-order chi connectivity index (χ0) is 18.5. The summed E-state index contributed by atoms with van der Waals surface area (Å²) in [5.41, 5.74) is 2.88. The lowest BCUT2D eigenvalue weighted by atomic mass is 10.2. The monoisotopic (exact) mass is 349 g/mol. The molecular formula is C20H19N3O3. The first-order chi connectivity index (χ1) is 12.7. The van der Waals surface area contributed by atoms with Crippen molar-refractivity contribution in [2.24, 2.45) is 0 Å². The summed E-state index contributed by atoms with van der Waals surface area (Å²) in [4.78, 5) is 11.8. The first-order valence-corrected chi connectivity index (χ1v) is 8.29. The van der Waals surface area contributed by atoms with Gasteiger partial charge in [-0.15, -0.1) is 0 Å². The van der Waals surface area contributed by atoms with Gasteiger partial charge in [-0.05, 0) is 48.9 Å². The van der Waals surface area contributed by atoms with Gasteiger partial charge in [0.25, 0.3) is 0 Å². The fourth-order valence-electron chi connectivity index (χ4n) is 2.70. The van der Waals surface area contributed by atoms with Crippen molar-refractivity contribution in [1.29, 1.82) is 5.26 Å². The molecule has 6 heteroatoms. The molecule has 132 valence electrons. The van der Waals surface area contributed by atoms with Gasteiger partial charge in [-0.3, -0.25) is 5.32 Å². The zero-order valence-corrected chi connectivity index (χ0v) is 14.7. The molecule has 26 heavy (non-hydrogen) atoms. The Morgan fingerprint density at radius 3 is 2.65 bits per heavy atom. The van der Waals surface area contributed by atoms with Crippen LogP contribution >= 0.6 is 0 Å². The number of carbonyl (C=O) groups excluding carboxylic acids is 1. The number of carbonyl (C=O) groups is 1. The van der Waals surface area contributed by atoms with E-state index in [9.17, 15) is 10.1 Å². The molecule has 1 heterocycles. The number of nitrogens with zero attached hydrogens (tertiary/aromatic N) is 2. The van der Waals surface area contributed by atoms with Crippen molar-refractivity contribution in [3.05, 3.63) is 54.2 Å². The third-order valence-electron chi connectivity index (χ3n) is 3.96. The summed E-state index contributed by atoms with van der Waals surface area (Å²) in [6.45, 7) is 2.30. The fraction of sp³-hybridized carbons (Fsp3) is 0.200. The molecular weight excluding hydrogens is 330 g/mol. The molecule has 0 radical (unpaired) electrons. The largest absolute Gasteiger partial charge is 0.497 e. The Labute approximate surface area is 151 Å². The second kappa shape index (κ2) is 7.62. The minimum atomic E-state index is -0.491. The Morgan fingerprint density at radius 1 is 1.23 bits per heavy atom. The van der Waals surface area contributed by atoms with Gasteiger partial charge in [0.15, 0.2) is 0 Å². The van der Waals surface area contributed by atoms with Crippen LogP contribution in [0.25, 0.3) is 16.6 Å². The Balaban J connectivity index is 2.00. The number of hydrogen-bond acceptors (Lipinski definition) is 4. The van der Waals surface area contributed by atoms with E-state index in [2.05, 4.69) is 11.4 Å². The van der Waals surface area contributed by atoms with Crippen molar-refractivity contribution in [3.63, 3.8) is 0 Å². The molecule has 0 aliphatic carbocycles. The summed E-state index contributed by atoms with van der Waals surface area (Å²) in [5, 5.41) is 12.9. The Morgan fingerprint density at radius 2 is 2.00 bits per heavy atom. The number of anilines is 1. The number of benzene rings is 2. The number of rotatable bonds is 5. The van der Waals surface area contributed by atoms with E-state index in [1.807, 2.05) is 47.9 Å². The minimum Gasteiger partial charge on any atom is -0.497 e. The van der Waals surface area contributed by atoms with Gasteiger partial charge < -0.3 is 14.0 Å². The van der Waals surface area contributed by atoms with Crippen molar-refractivity contribution in [2.75, 3.05) is 19.0 Å². The lowest BCUT2D eigenvalue weighted by Gasteiger charge is -2.09. The maximum atomic E-state index is 11.8. The van der Waals surface area contributed by atoms with E-state index >= 15 is 0 Å². The van der Waals surface area contributed by atoms with Crippen molar-refractivity contribution < 1.29 is 14.3 Å². The normalized spacial score (nSPS) is 10.3. The standard InChI is InChI=1S/C20H19N3O3/c1-3-10-26-20(24)22-15-4-9-18-14(12-21)13-23(19(18)11-15)16-5-7-17(25-2)8-6-16/h4-9,11,13H,3,10H2,1-2H3,(H,22,24). The van der Waals surface area contributed by atoms with E-state index < -0.39 is 6.09 Å². The van der Waals surface area contributed by atoms with Crippen LogP contribution in [0.5, 0.6) is 5.75 Å². The predicted octanol–water partition coefficient (Wildman–Crippen LogP) is 4.47. The van der Waals surface area contributed by atoms with Gasteiger partial charge in [-0.2, -0.15) is 5.26 Å². The quantitative estimate of drug-likeness (QED) is 0.737. The molecule has 2 aromatic carbocycles. The number of methoxy groups -OCH3 is 1. The average Bonchev–Trinajstić information content (AvgIpc) is 3.04. The van der Waals surface area contributed by atoms with Gasteiger partial charge in [0, 0.05) is 23.0 Å². The van der Waals surface area contributed by atoms with E-state index in [1.54, 1.807) is 19.4 Å². The van der Waals surface area contributed by atoms with Crippen LogP contribution in [0.2, 0.25) is 0 Å². The van der Waals surface area contributed by atoms with Crippen LogP contribution in [0.1, 0.15) is 18.9 Å². The van der Waals surface area contributed by atoms with Crippen molar-refractivity contribution in [3.8, 4) is 17.5 Å². The summed E-state index contributed by atoms with van der Waals surface area (Å²) in [5.74, 6) is 0.756. The molecule has 0 spiro atoms. The zero-order valence-electron chi connectivity index (χ0n) is 14.7. The van der Waals surface area contributed by atoms with Gasteiger partial charge >= 0.3 is 6.09 Å². The van der Waals surface area contributed by atoms with Crippen molar-refractivity contribution in [1.82, 2.24) is 4.57 Å². The maximum Gasteiger partial charge on any atom is 0.411 e. The predicted molar refractivity (Wildman–Crippen MR) is 99.8 cm³/mol. The number of amides is 1. The topological polar surface area (TPSA) is 76.3 Å². The smallest absolute Gasteiger partial charge is 0.411 e. The number of hydrogen-bond donors (Lipinski definition) is 1. The number of aromatic nitrogens is 1. The van der Waals surface area contributed by atoms with Crippen LogP contribution in [0.4, 0.5) is 10.5 Å². The fourth-order valence-corrected chi connectivity index (χ4v) is 2.70. The summed E-state index contributed by atoms with van der Waals surface area (Å²) < 4.78 is 12.2. The second-order valence-electron chi connectivity index (χ2n) is 5.72. The van der Waals surface area contributed by atoms with Crippen LogP contribution in [0.15, 0.2) is 48.7 Å². The third kappa shape index (κ3) is 3.47. The Kier molecular flexibility index (Phi) is 5.09. The van der Waals surface area contributed by atoms with Crippen LogP contribution in [0.3, 0.4) is 0 Å². The van der Waals surface area contributed by atoms with Crippen LogP contribution in [-0.2, 0) is 4.74 Å². The molecule has 1 aromatic heterocycles. The highest BCUT2D eigenvalue weighted by Gasteiger charge is 2.12. The molecule has 3 aromatic rings. The summed E-state index contributed by atoms with van der Waals surface area (Å²) in [6.07, 6.45) is 2.05. The molecule has 6 nitrogen and oxygen atoms in total. The first kappa shape index (κ1) is 17.4.